The minimum atomic E-state index is -0.874. The average molecular weight is 512 g/mol. The summed E-state index contributed by atoms with van der Waals surface area (Å²) in [6, 6.07) is 11.1. The van der Waals surface area contributed by atoms with Crippen molar-refractivity contribution in [1.82, 2.24) is 5.32 Å². The molecule has 0 unspecified atom stereocenters. The van der Waals surface area contributed by atoms with Crippen LogP contribution in [0.2, 0.25) is 0 Å². The van der Waals surface area contributed by atoms with E-state index in [1.165, 1.54) is 37.5 Å². The molecule has 8 heteroatoms. The van der Waals surface area contributed by atoms with Gasteiger partial charge in [0.25, 0.3) is 17.6 Å². The number of hydrogen-bond acceptors (Lipinski definition) is 4. The van der Waals surface area contributed by atoms with Crippen LogP contribution in [-0.2, 0) is 9.59 Å². The quantitative estimate of drug-likeness (QED) is 0.267. The maximum absolute atomic E-state index is 12.7. The molecule has 2 aromatic carbocycles. The van der Waals surface area contributed by atoms with Crippen molar-refractivity contribution in [3.05, 3.63) is 69.7 Å². The summed E-state index contributed by atoms with van der Waals surface area (Å²) in [5.41, 5.74) is 2.40. The molecule has 0 fully saturated rings. The highest BCUT2D eigenvalue weighted by Gasteiger charge is 2.21. The lowest BCUT2D eigenvalue weighted by atomic mass is 9.97. The van der Waals surface area contributed by atoms with Gasteiger partial charge in [0.15, 0.2) is 0 Å². The zero-order valence-electron chi connectivity index (χ0n) is 18.4. The molecular weight excluding hydrogens is 486 g/mol. The van der Waals surface area contributed by atoms with Crippen LogP contribution in [0, 0.1) is 0 Å². The minimum Gasteiger partial charge on any atom is -0.352 e. The van der Waals surface area contributed by atoms with Gasteiger partial charge in [-0.2, -0.15) is 0 Å². The van der Waals surface area contributed by atoms with Gasteiger partial charge in [0.2, 0.25) is 5.91 Å². The summed E-state index contributed by atoms with van der Waals surface area (Å²) in [6.45, 7) is 1.87. The zero-order chi connectivity index (χ0) is 23.8. The van der Waals surface area contributed by atoms with E-state index in [4.69, 9.17) is 0 Å². The van der Waals surface area contributed by atoms with E-state index < -0.39 is 11.7 Å². The molecule has 1 aliphatic carbocycles. The first-order valence-electron chi connectivity index (χ1n) is 10.8. The van der Waals surface area contributed by atoms with Crippen LogP contribution in [0.1, 0.15) is 59.7 Å². The van der Waals surface area contributed by atoms with Gasteiger partial charge in [-0.3, -0.25) is 19.2 Å². The molecule has 0 saturated carbocycles. The molecule has 0 spiro atoms. The van der Waals surface area contributed by atoms with Crippen molar-refractivity contribution in [3.8, 4) is 0 Å². The molecular formula is C25H26BrN3O4. The van der Waals surface area contributed by atoms with Crippen molar-refractivity contribution in [2.75, 3.05) is 17.2 Å². The average Bonchev–Trinajstić information content (AvgIpc) is 2.80. The Morgan fingerprint density at radius 3 is 2.55 bits per heavy atom. The number of halogens is 1. The second-order valence-electron chi connectivity index (χ2n) is 7.85. The SMILES string of the molecule is CC(=O)Nc1ccc(Br)cc1C(=O)C(=O)Nc1cccc(C(=O)NCCC2=CCCCC2)c1. The van der Waals surface area contributed by atoms with Crippen molar-refractivity contribution in [2.45, 2.75) is 39.0 Å². The lowest BCUT2D eigenvalue weighted by Gasteiger charge is -2.13. The van der Waals surface area contributed by atoms with Gasteiger partial charge >= 0.3 is 0 Å². The third kappa shape index (κ3) is 7.12. The van der Waals surface area contributed by atoms with Crippen LogP contribution in [0.5, 0.6) is 0 Å². The van der Waals surface area contributed by atoms with Crippen molar-refractivity contribution in [3.63, 3.8) is 0 Å². The summed E-state index contributed by atoms with van der Waals surface area (Å²) in [5, 5.41) is 7.99. The van der Waals surface area contributed by atoms with Crippen molar-refractivity contribution in [1.29, 1.82) is 0 Å². The fourth-order valence-corrected chi connectivity index (χ4v) is 3.98. The fourth-order valence-electron chi connectivity index (χ4n) is 3.62. The van der Waals surface area contributed by atoms with Gasteiger partial charge in [-0.15, -0.1) is 0 Å². The molecule has 3 N–H and O–H groups in total. The molecule has 1 aliphatic rings. The summed E-state index contributed by atoms with van der Waals surface area (Å²) in [5.74, 6) is -2.28. The molecule has 172 valence electrons. The van der Waals surface area contributed by atoms with Crippen LogP contribution in [0.3, 0.4) is 0 Å². The monoisotopic (exact) mass is 511 g/mol. The Kier molecular flexibility index (Phi) is 8.54. The number of Topliss-reactive ketones (excluding diaryl/α,β-unsaturated/α-hetero) is 1. The molecule has 0 bridgehead atoms. The second kappa shape index (κ2) is 11.6. The second-order valence-corrected chi connectivity index (χ2v) is 8.76. The maximum atomic E-state index is 12.7. The van der Waals surface area contributed by atoms with E-state index in [-0.39, 0.29) is 23.1 Å². The standard InChI is InChI=1S/C25H26BrN3O4/c1-16(30)28-22-11-10-19(26)15-21(22)23(31)25(33)29-20-9-5-8-18(14-20)24(32)27-13-12-17-6-3-2-4-7-17/h5-6,8-11,14-15H,2-4,7,12-13H2,1H3,(H,27,32)(H,28,30)(H,29,33). The van der Waals surface area contributed by atoms with E-state index in [9.17, 15) is 19.2 Å². The summed E-state index contributed by atoms with van der Waals surface area (Å²) in [7, 11) is 0. The first-order chi connectivity index (χ1) is 15.8. The molecule has 33 heavy (non-hydrogen) atoms. The number of rotatable bonds is 8. The Balaban J connectivity index is 1.63. The minimum absolute atomic E-state index is 0.0583. The molecule has 0 heterocycles. The Bertz CT molecular complexity index is 1110. The van der Waals surface area contributed by atoms with E-state index in [1.54, 1.807) is 30.3 Å². The predicted octanol–water partition coefficient (Wildman–Crippen LogP) is 4.85. The largest absolute Gasteiger partial charge is 0.352 e. The Hall–Kier alpha value is -3.26. The topological polar surface area (TPSA) is 104 Å². The van der Waals surface area contributed by atoms with E-state index in [2.05, 4.69) is 38.0 Å². The molecule has 3 amide bonds. The number of ketones is 1. The number of benzene rings is 2. The van der Waals surface area contributed by atoms with Crippen LogP contribution < -0.4 is 16.0 Å². The van der Waals surface area contributed by atoms with Crippen molar-refractivity contribution < 1.29 is 19.2 Å². The summed E-state index contributed by atoms with van der Waals surface area (Å²) >= 11 is 3.27. The number of anilines is 2. The first kappa shape index (κ1) is 24.4. The lowest BCUT2D eigenvalue weighted by molar-refractivity contribution is -0.114. The van der Waals surface area contributed by atoms with Crippen LogP contribution in [-0.4, -0.2) is 30.0 Å². The summed E-state index contributed by atoms with van der Waals surface area (Å²) in [6.07, 6.45) is 7.72. The molecule has 0 aliphatic heterocycles. The van der Waals surface area contributed by atoms with E-state index in [0.29, 0.717) is 22.3 Å². The van der Waals surface area contributed by atoms with Gasteiger partial charge in [0.05, 0.1) is 11.3 Å². The number of amides is 3. The van der Waals surface area contributed by atoms with Gasteiger partial charge in [-0.1, -0.05) is 33.6 Å². The summed E-state index contributed by atoms with van der Waals surface area (Å²) in [4.78, 5) is 49.3. The summed E-state index contributed by atoms with van der Waals surface area (Å²) < 4.78 is 0.593. The van der Waals surface area contributed by atoms with E-state index in [0.717, 1.165) is 19.3 Å². The highest BCUT2D eigenvalue weighted by molar-refractivity contribution is 9.10. The number of carbonyl (C=O) groups excluding carboxylic acids is 4. The van der Waals surface area contributed by atoms with Crippen LogP contribution in [0.25, 0.3) is 0 Å². The number of nitrogens with one attached hydrogen (secondary N) is 3. The van der Waals surface area contributed by atoms with Crippen molar-refractivity contribution >= 4 is 50.8 Å². The van der Waals surface area contributed by atoms with Gasteiger partial charge in [-0.25, -0.2) is 0 Å². The molecule has 0 saturated heterocycles. The Morgan fingerprint density at radius 1 is 1.00 bits per heavy atom. The molecule has 3 rings (SSSR count). The van der Waals surface area contributed by atoms with E-state index >= 15 is 0 Å². The van der Waals surface area contributed by atoms with Gasteiger partial charge in [0.1, 0.15) is 0 Å². The molecule has 2 aromatic rings. The molecule has 0 aromatic heterocycles. The third-order valence-corrected chi connectivity index (χ3v) is 5.74. The van der Waals surface area contributed by atoms with Gasteiger partial charge in [-0.05, 0) is 68.5 Å². The molecule has 7 nitrogen and oxygen atoms in total. The smallest absolute Gasteiger partial charge is 0.296 e. The Labute approximate surface area is 201 Å². The van der Waals surface area contributed by atoms with Crippen molar-refractivity contribution in [2.24, 2.45) is 0 Å². The normalized spacial score (nSPS) is 13.0. The fraction of sp³-hybridized carbons (Fsp3) is 0.280. The maximum Gasteiger partial charge on any atom is 0.296 e. The van der Waals surface area contributed by atoms with Gasteiger partial charge in [0, 0.05) is 29.2 Å². The number of allylic oxidation sites excluding steroid dienone is 1. The van der Waals surface area contributed by atoms with Crippen LogP contribution in [0.15, 0.2) is 58.6 Å². The first-order valence-corrected chi connectivity index (χ1v) is 11.6. The molecule has 0 atom stereocenters. The third-order valence-electron chi connectivity index (χ3n) is 5.24. The molecule has 0 radical (unpaired) electrons. The predicted molar refractivity (Wildman–Crippen MR) is 131 cm³/mol. The lowest BCUT2D eigenvalue weighted by Crippen LogP contribution is -2.26. The Morgan fingerprint density at radius 2 is 1.82 bits per heavy atom. The number of carbonyl (C=O) groups is 4. The van der Waals surface area contributed by atoms with Crippen LogP contribution in [0.4, 0.5) is 11.4 Å². The van der Waals surface area contributed by atoms with E-state index in [1.807, 2.05) is 0 Å². The zero-order valence-corrected chi connectivity index (χ0v) is 20.0. The number of hydrogen-bond donors (Lipinski definition) is 3. The van der Waals surface area contributed by atoms with Crippen LogP contribution >= 0.6 is 15.9 Å². The highest BCUT2D eigenvalue weighted by Crippen LogP contribution is 2.23. The van der Waals surface area contributed by atoms with Gasteiger partial charge < -0.3 is 16.0 Å². The highest BCUT2D eigenvalue weighted by atomic mass is 79.9.